The Hall–Kier alpha value is -2.53. The number of amides is 2. The lowest BCUT2D eigenvalue weighted by molar-refractivity contribution is -0.113. The fourth-order valence-electron chi connectivity index (χ4n) is 4.30. The Morgan fingerprint density at radius 3 is 2.52 bits per heavy atom. The summed E-state index contributed by atoms with van der Waals surface area (Å²) >= 11 is 1.01. The predicted molar refractivity (Wildman–Crippen MR) is 122 cm³/mol. The third kappa shape index (κ3) is 3.38. The highest BCUT2D eigenvalue weighted by atomic mass is 32.2. The van der Waals surface area contributed by atoms with Crippen molar-refractivity contribution in [1.82, 2.24) is 0 Å². The van der Waals surface area contributed by atoms with Crippen molar-refractivity contribution in [3.8, 4) is 0 Å². The van der Waals surface area contributed by atoms with Gasteiger partial charge in [-0.15, -0.1) is 0 Å². The molecule has 0 N–H and O–H groups in total. The number of aryl methyl sites for hydroxylation is 1. The Morgan fingerprint density at radius 1 is 1.14 bits per heavy atom. The molecule has 1 atom stereocenters. The number of carbonyl (C=O) groups excluding carboxylic acids is 2. The maximum atomic E-state index is 12.9. The van der Waals surface area contributed by atoms with Gasteiger partial charge in [0.05, 0.1) is 10.6 Å². The molecule has 1 unspecified atom stereocenters. The minimum Gasteiger partial charge on any atom is -0.369 e. The van der Waals surface area contributed by atoms with Crippen LogP contribution in [0, 0.1) is 6.92 Å². The molecule has 0 aromatic heterocycles. The molecule has 1 saturated heterocycles. The fourth-order valence-corrected chi connectivity index (χ4v) is 5.13. The first-order valence-corrected chi connectivity index (χ1v) is 10.7. The molecule has 29 heavy (non-hydrogen) atoms. The summed E-state index contributed by atoms with van der Waals surface area (Å²) in [6, 6.07) is 13.5. The molecule has 1 fully saturated rings. The molecule has 2 amide bonds. The van der Waals surface area contributed by atoms with Gasteiger partial charge >= 0.3 is 0 Å². The Bertz CT molecular complexity index is 1030. The molecule has 0 radical (unpaired) electrons. The number of carbonyl (C=O) groups is 2. The van der Waals surface area contributed by atoms with Crippen molar-refractivity contribution in [3.05, 3.63) is 64.1 Å². The van der Waals surface area contributed by atoms with Crippen molar-refractivity contribution in [2.24, 2.45) is 0 Å². The van der Waals surface area contributed by atoms with Crippen LogP contribution in [0.4, 0.5) is 16.2 Å². The van der Waals surface area contributed by atoms with Crippen molar-refractivity contribution in [1.29, 1.82) is 0 Å². The summed E-state index contributed by atoms with van der Waals surface area (Å²) in [6.07, 6.45) is 2.94. The normalized spacial score (nSPS) is 22.4. The van der Waals surface area contributed by atoms with Crippen molar-refractivity contribution in [2.75, 3.05) is 16.8 Å². The molecule has 2 aliphatic heterocycles. The molecule has 4 rings (SSSR count). The van der Waals surface area contributed by atoms with Crippen LogP contribution in [0.15, 0.2) is 47.4 Å². The van der Waals surface area contributed by atoms with Crippen LogP contribution in [-0.4, -0.2) is 23.7 Å². The van der Waals surface area contributed by atoms with Crippen LogP contribution in [0.5, 0.6) is 0 Å². The van der Waals surface area contributed by atoms with Gasteiger partial charge in [-0.2, -0.15) is 0 Å². The average Bonchev–Trinajstić information content (AvgIpc) is 2.95. The molecular formula is C24H26N2O2S. The van der Waals surface area contributed by atoms with Crippen LogP contribution in [0.25, 0.3) is 6.08 Å². The second kappa shape index (κ2) is 7.06. The molecule has 2 heterocycles. The van der Waals surface area contributed by atoms with E-state index in [1.807, 2.05) is 24.3 Å². The van der Waals surface area contributed by atoms with Crippen LogP contribution in [-0.2, 0) is 4.79 Å². The molecule has 2 aromatic carbocycles. The average molecular weight is 407 g/mol. The maximum Gasteiger partial charge on any atom is 0.298 e. The standard InChI is InChI=1S/C24H26N2O2S/c1-15-11-20-19(16(2)14-24(3,4)25(20)5)12-17(15)13-21-22(27)26(23(28)29-21)18-9-7-6-8-10-18/h6-13,16H,14H2,1-5H3/b21-13+. The summed E-state index contributed by atoms with van der Waals surface area (Å²) in [7, 11) is 2.15. The summed E-state index contributed by atoms with van der Waals surface area (Å²) < 4.78 is 0. The molecule has 0 bridgehead atoms. The highest BCUT2D eigenvalue weighted by molar-refractivity contribution is 8.19. The third-order valence-electron chi connectivity index (χ3n) is 6.12. The summed E-state index contributed by atoms with van der Waals surface area (Å²) in [5.74, 6) is 0.179. The summed E-state index contributed by atoms with van der Waals surface area (Å²) in [5.41, 5.74) is 5.37. The molecule has 150 valence electrons. The van der Waals surface area contributed by atoms with Gasteiger partial charge in [0.2, 0.25) is 0 Å². The highest BCUT2D eigenvalue weighted by Crippen LogP contribution is 2.44. The first-order valence-electron chi connectivity index (χ1n) is 9.90. The summed E-state index contributed by atoms with van der Waals surface area (Å²) in [4.78, 5) is 29.5. The van der Waals surface area contributed by atoms with E-state index >= 15 is 0 Å². The zero-order chi connectivity index (χ0) is 20.9. The first kappa shape index (κ1) is 19.8. The number of benzene rings is 2. The SMILES string of the molecule is Cc1cc2c(cc1/C=C1/SC(=O)N(c3ccccc3)C1=O)C(C)CC(C)(C)N2C. The predicted octanol–water partition coefficient (Wildman–Crippen LogP) is 5.96. The molecule has 0 saturated carbocycles. The van der Waals surface area contributed by atoms with Gasteiger partial charge in [-0.3, -0.25) is 9.59 Å². The van der Waals surface area contributed by atoms with Crippen LogP contribution in [0.3, 0.4) is 0 Å². The van der Waals surface area contributed by atoms with E-state index in [0.29, 0.717) is 16.5 Å². The van der Waals surface area contributed by atoms with E-state index in [9.17, 15) is 9.59 Å². The number of thioether (sulfide) groups is 1. The lowest BCUT2D eigenvalue weighted by Crippen LogP contribution is -2.45. The van der Waals surface area contributed by atoms with Crippen LogP contribution in [0.1, 0.15) is 49.8 Å². The number of imide groups is 1. The lowest BCUT2D eigenvalue weighted by Gasteiger charge is -2.45. The summed E-state index contributed by atoms with van der Waals surface area (Å²) in [6.45, 7) is 8.87. The molecule has 2 aliphatic rings. The van der Waals surface area contributed by atoms with E-state index in [1.165, 1.54) is 16.2 Å². The molecule has 4 nitrogen and oxygen atoms in total. The highest BCUT2D eigenvalue weighted by Gasteiger charge is 2.37. The number of rotatable bonds is 2. The second-order valence-electron chi connectivity index (χ2n) is 8.60. The Kier molecular flexibility index (Phi) is 4.82. The maximum absolute atomic E-state index is 12.9. The number of fused-ring (bicyclic) bond motifs is 1. The molecule has 0 spiro atoms. The second-order valence-corrected chi connectivity index (χ2v) is 9.59. The number of hydrogen-bond acceptors (Lipinski definition) is 4. The third-order valence-corrected chi connectivity index (χ3v) is 6.99. The quantitative estimate of drug-likeness (QED) is 0.577. The van der Waals surface area contributed by atoms with Crippen LogP contribution < -0.4 is 9.80 Å². The van der Waals surface area contributed by atoms with E-state index in [2.05, 4.69) is 51.8 Å². The molecule has 0 aliphatic carbocycles. The van der Waals surface area contributed by atoms with Crippen molar-refractivity contribution >= 4 is 40.4 Å². The van der Waals surface area contributed by atoms with Gasteiger partial charge in [0.15, 0.2) is 0 Å². The van der Waals surface area contributed by atoms with Gasteiger partial charge in [0, 0.05) is 18.3 Å². The monoisotopic (exact) mass is 406 g/mol. The Labute approximate surface area is 176 Å². The van der Waals surface area contributed by atoms with Crippen LogP contribution in [0.2, 0.25) is 0 Å². The smallest absolute Gasteiger partial charge is 0.298 e. The molecular weight excluding hydrogens is 380 g/mol. The van der Waals surface area contributed by atoms with Gasteiger partial charge in [-0.05, 0) is 91.9 Å². The Morgan fingerprint density at radius 2 is 1.83 bits per heavy atom. The molecule has 5 heteroatoms. The minimum absolute atomic E-state index is 0.110. The largest absolute Gasteiger partial charge is 0.369 e. The Balaban J connectivity index is 1.72. The topological polar surface area (TPSA) is 40.6 Å². The van der Waals surface area contributed by atoms with Gasteiger partial charge in [0.1, 0.15) is 0 Å². The van der Waals surface area contributed by atoms with E-state index in [0.717, 1.165) is 29.3 Å². The van der Waals surface area contributed by atoms with Gasteiger partial charge in [-0.1, -0.05) is 25.1 Å². The number of hydrogen-bond donors (Lipinski definition) is 0. The van der Waals surface area contributed by atoms with Crippen molar-refractivity contribution in [3.63, 3.8) is 0 Å². The zero-order valence-electron chi connectivity index (χ0n) is 17.5. The van der Waals surface area contributed by atoms with Gasteiger partial charge in [-0.25, -0.2) is 4.90 Å². The number of para-hydroxylation sites is 1. The van der Waals surface area contributed by atoms with E-state index in [4.69, 9.17) is 0 Å². The van der Waals surface area contributed by atoms with Crippen molar-refractivity contribution < 1.29 is 9.59 Å². The minimum atomic E-state index is -0.255. The van der Waals surface area contributed by atoms with E-state index in [-0.39, 0.29) is 16.7 Å². The van der Waals surface area contributed by atoms with E-state index in [1.54, 1.807) is 12.1 Å². The fraction of sp³-hybridized carbons (Fsp3) is 0.333. The lowest BCUT2D eigenvalue weighted by atomic mass is 9.79. The van der Waals surface area contributed by atoms with E-state index < -0.39 is 0 Å². The van der Waals surface area contributed by atoms with Crippen LogP contribution >= 0.6 is 11.8 Å². The summed E-state index contributed by atoms with van der Waals surface area (Å²) in [5, 5.41) is -0.252. The zero-order valence-corrected chi connectivity index (χ0v) is 18.3. The first-order chi connectivity index (χ1) is 13.7. The number of nitrogens with zero attached hydrogens (tertiary/aromatic N) is 2. The van der Waals surface area contributed by atoms with Gasteiger partial charge < -0.3 is 4.90 Å². The number of anilines is 2. The van der Waals surface area contributed by atoms with Gasteiger partial charge in [0.25, 0.3) is 11.1 Å². The molecule has 2 aromatic rings. The van der Waals surface area contributed by atoms with Crippen molar-refractivity contribution in [2.45, 2.75) is 45.6 Å².